The second kappa shape index (κ2) is 6.11. The van der Waals surface area contributed by atoms with Crippen molar-refractivity contribution < 1.29 is 4.42 Å². The van der Waals surface area contributed by atoms with Gasteiger partial charge in [0.25, 0.3) is 0 Å². The van der Waals surface area contributed by atoms with Gasteiger partial charge < -0.3 is 9.73 Å². The van der Waals surface area contributed by atoms with Crippen molar-refractivity contribution >= 4 is 5.69 Å². The molecule has 0 radical (unpaired) electrons. The third-order valence-corrected chi connectivity index (χ3v) is 3.32. The molecular formula is C18H17NO. The summed E-state index contributed by atoms with van der Waals surface area (Å²) in [6, 6.07) is 20.9. The van der Waals surface area contributed by atoms with Gasteiger partial charge in [0.2, 0.25) is 0 Å². The fraction of sp³-hybridized carbons (Fsp3) is 0.111. The second-order valence-electron chi connectivity index (χ2n) is 4.80. The van der Waals surface area contributed by atoms with Gasteiger partial charge >= 0.3 is 0 Å². The van der Waals surface area contributed by atoms with Crippen molar-refractivity contribution in [2.24, 2.45) is 0 Å². The molecule has 0 aliphatic heterocycles. The van der Waals surface area contributed by atoms with Crippen LogP contribution in [0.5, 0.6) is 0 Å². The van der Waals surface area contributed by atoms with E-state index in [0.29, 0.717) is 0 Å². The number of rotatable bonds is 5. The standard InChI is InChI=1S/C18H17NO/c1-2-6-15(7-3-1)12-17-8-4-5-9-18(17)19-13-16-10-11-20-14-16/h1-11,14,19H,12-13H2. The molecule has 0 atom stereocenters. The number of furan rings is 1. The minimum absolute atomic E-state index is 0.780. The van der Waals surface area contributed by atoms with Gasteiger partial charge in [-0.1, -0.05) is 48.5 Å². The van der Waals surface area contributed by atoms with E-state index in [2.05, 4.69) is 53.8 Å². The maximum atomic E-state index is 5.09. The third-order valence-electron chi connectivity index (χ3n) is 3.32. The second-order valence-corrected chi connectivity index (χ2v) is 4.80. The lowest BCUT2D eigenvalue weighted by Gasteiger charge is -2.11. The van der Waals surface area contributed by atoms with E-state index >= 15 is 0 Å². The number of hydrogen-bond acceptors (Lipinski definition) is 2. The van der Waals surface area contributed by atoms with Crippen LogP contribution in [0.1, 0.15) is 16.7 Å². The molecule has 2 nitrogen and oxygen atoms in total. The summed E-state index contributed by atoms with van der Waals surface area (Å²) in [7, 11) is 0. The van der Waals surface area contributed by atoms with E-state index in [1.165, 1.54) is 16.8 Å². The van der Waals surface area contributed by atoms with Crippen LogP contribution in [0.2, 0.25) is 0 Å². The lowest BCUT2D eigenvalue weighted by Crippen LogP contribution is -2.02. The Balaban J connectivity index is 1.74. The molecule has 100 valence electrons. The molecule has 0 unspecified atom stereocenters. The molecule has 2 heteroatoms. The lowest BCUT2D eigenvalue weighted by molar-refractivity contribution is 0.564. The highest BCUT2D eigenvalue weighted by molar-refractivity contribution is 5.53. The Bertz CT molecular complexity index is 644. The monoisotopic (exact) mass is 263 g/mol. The molecule has 3 rings (SSSR count). The van der Waals surface area contributed by atoms with Crippen molar-refractivity contribution in [2.75, 3.05) is 5.32 Å². The maximum absolute atomic E-state index is 5.09. The zero-order valence-corrected chi connectivity index (χ0v) is 11.3. The lowest BCUT2D eigenvalue weighted by atomic mass is 10.0. The minimum Gasteiger partial charge on any atom is -0.472 e. The number of para-hydroxylation sites is 1. The Labute approximate surface area is 119 Å². The van der Waals surface area contributed by atoms with Crippen molar-refractivity contribution in [3.05, 3.63) is 89.9 Å². The molecule has 0 aliphatic rings. The topological polar surface area (TPSA) is 25.2 Å². The highest BCUT2D eigenvalue weighted by Crippen LogP contribution is 2.19. The maximum Gasteiger partial charge on any atom is 0.0952 e. The van der Waals surface area contributed by atoms with Gasteiger partial charge in [0, 0.05) is 17.8 Å². The average Bonchev–Trinajstić information content (AvgIpc) is 3.01. The zero-order chi connectivity index (χ0) is 13.6. The summed E-state index contributed by atoms with van der Waals surface area (Å²) in [6.07, 6.45) is 4.41. The van der Waals surface area contributed by atoms with Gasteiger partial charge in [0.05, 0.1) is 12.5 Å². The predicted molar refractivity (Wildman–Crippen MR) is 81.7 cm³/mol. The number of hydrogen-bond donors (Lipinski definition) is 1. The number of benzene rings is 2. The van der Waals surface area contributed by atoms with Crippen LogP contribution in [0.4, 0.5) is 5.69 Å². The Hall–Kier alpha value is -2.48. The Morgan fingerprint density at radius 2 is 1.60 bits per heavy atom. The molecule has 0 spiro atoms. The van der Waals surface area contributed by atoms with Gasteiger partial charge in [-0.05, 0) is 29.7 Å². The van der Waals surface area contributed by atoms with Crippen LogP contribution >= 0.6 is 0 Å². The Morgan fingerprint density at radius 3 is 2.40 bits per heavy atom. The Kier molecular flexibility index (Phi) is 3.83. The summed E-state index contributed by atoms with van der Waals surface area (Å²) in [5, 5.41) is 3.48. The largest absolute Gasteiger partial charge is 0.472 e. The SMILES string of the molecule is c1ccc(Cc2ccccc2NCc2ccoc2)cc1. The summed E-state index contributed by atoms with van der Waals surface area (Å²) in [6.45, 7) is 0.780. The van der Waals surface area contributed by atoms with Gasteiger partial charge in [0.1, 0.15) is 0 Å². The van der Waals surface area contributed by atoms with Crippen LogP contribution in [0.25, 0.3) is 0 Å². The van der Waals surface area contributed by atoms with Gasteiger partial charge in [-0.2, -0.15) is 0 Å². The van der Waals surface area contributed by atoms with E-state index in [4.69, 9.17) is 4.42 Å². The van der Waals surface area contributed by atoms with Crippen molar-refractivity contribution in [3.63, 3.8) is 0 Å². The summed E-state index contributed by atoms with van der Waals surface area (Å²) in [4.78, 5) is 0. The molecule has 0 fully saturated rings. The third kappa shape index (κ3) is 3.09. The molecule has 0 saturated heterocycles. The molecular weight excluding hydrogens is 246 g/mol. The van der Waals surface area contributed by atoms with Crippen LogP contribution in [0.15, 0.2) is 77.6 Å². The summed E-state index contributed by atoms with van der Waals surface area (Å²) < 4.78 is 5.09. The highest BCUT2D eigenvalue weighted by atomic mass is 16.3. The molecule has 0 aliphatic carbocycles. The van der Waals surface area contributed by atoms with Crippen LogP contribution in [0, 0.1) is 0 Å². The molecule has 0 bridgehead atoms. The predicted octanol–water partition coefficient (Wildman–Crippen LogP) is 4.48. The zero-order valence-electron chi connectivity index (χ0n) is 11.3. The molecule has 20 heavy (non-hydrogen) atoms. The van der Waals surface area contributed by atoms with Crippen LogP contribution in [0.3, 0.4) is 0 Å². The first-order valence-electron chi connectivity index (χ1n) is 6.78. The van der Waals surface area contributed by atoms with Crippen molar-refractivity contribution in [2.45, 2.75) is 13.0 Å². The quantitative estimate of drug-likeness (QED) is 0.734. The van der Waals surface area contributed by atoms with Gasteiger partial charge in [-0.3, -0.25) is 0 Å². The van der Waals surface area contributed by atoms with Crippen molar-refractivity contribution in [3.8, 4) is 0 Å². The molecule has 0 saturated carbocycles. The van der Waals surface area contributed by atoms with E-state index in [1.54, 1.807) is 12.5 Å². The fourth-order valence-corrected chi connectivity index (χ4v) is 2.25. The normalized spacial score (nSPS) is 10.4. The van der Waals surface area contributed by atoms with Crippen LogP contribution in [-0.4, -0.2) is 0 Å². The first-order chi connectivity index (χ1) is 9.92. The first-order valence-corrected chi connectivity index (χ1v) is 6.78. The smallest absolute Gasteiger partial charge is 0.0952 e. The van der Waals surface area contributed by atoms with Gasteiger partial charge in [-0.15, -0.1) is 0 Å². The fourth-order valence-electron chi connectivity index (χ4n) is 2.25. The van der Waals surface area contributed by atoms with Crippen molar-refractivity contribution in [1.82, 2.24) is 0 Å². The van der Waals surface area contributed by atoms with Crippen LogP contribution in [-0.2, 0) is 13.0 Å². The molecule has 0 amide bonds. The number of nitrogens with one attached hydrogen (secondary N) is 1. The summed E-state index contributed by atoms with van der Waals surface area (Å²) in [5.74, 6) is 0. The number of anilines is 1. The van der Waals surface area contributed by atoms with E-state index in [1.807, 2.05) is 12.1 Å². The van der Waals surface area contributed by atoms with E-state index < -0.39 is 0 Å². The van der Waals surface area contributed by atoms with Crippen LogP contribution < -0.4 is 5.32 Å². The average molecular weight is 263 g/mol. The van der Waals surface area contributed by atoms with E-state index in [9.17, 15) is 0 Å². The van der Waals surface area contributed by atoms with Crippen molar-refractivity contribution in [1.29, 1.82) is 0 Å². The Morgan fingerprint density at radius 1 is 0.800 bits per heavy atom. The summed E-state index contributed by atoms with van der Waals surface area (Å²) in [5.41, 5.74) is 4.96. The molecule has 1 N–H and O–H groups in total. The first kappa shape index (κ1) is 12.5. The molecule has 2 aromatic carbocycles. The molecule has 1 aromatic heterocycles. The van der Waals surface area contributed by atoms with E-state index in [0.717, 1.165) is 18.5 Å². The molecule has 1 heterocycles. The van der Waals surface area contributed by atoms with E-state index in [-0.39, 0.29) is 0 Å². The summed E-state index contributed by atoms with van der Waals surface area (Å²) >= 11 is 0. The van der Waals surface area contributed by atoms with Gasteiger partial charge in [0.15, 0.2) is 0 Å². The minimum atomic E-state index is 0.780. The molecule has 3 aromatic rings. The highest BCUT2D eigenvalue weighted by Gasteiger charge is 2.03. The van der Waals surface area contributed by atoms with Gasteiger partial charge in [-0.25, -0.2) is 0 Å².